The van der Waals surface area contributed by atoms with E-state index in [4.69, 9.17) is 16.3 Å². The Morgan fingerprint density at radius 2 is 1.91 bits per heavy atom. The molecule has 0 saturated carbocycles. The van der Waals surface area contributed by atoms with Crippen LogP contribution < -0.4 is 10.2 Å². The van der Waals surface area contributed by atoms with Crippen LogP contribution in [0.2, 0.25) is 5.02 Å². The third-order valence-corrected chi connectivity index (χ3v) is 8.13. The van der Waals surface area contributed by atoms with E-state index in [1.165, 1.54) is 4.90 Å². The van der Waals surface area contributed by atoms with Crippen molar-refractivity contribution in [3.63, 3.8) is 0 Å². The van der Waals surface area contributed by atoms with Crippen molar-refractivity contribution in [2.45, 2.75) is 38.3 Å². The lowest BCUT2D eigenvalue weighted by Gasteiger charge is -2.36. The zero-order valence-corrected chi connectivity index (χ0v) is 20.1. The van der Waals surface area contributed by atoms with Crippen LogP contribution in [0.25, 0.3) is 0 Å². The van der Waals surface area contributed by atoms with Crippen molar-refractivity contribution < 1.29 is 23.9 Å². The Morgan fingerprint density at radius 1 is 1.17 bits per heavy atom. The molecule has 8 nitrogen and oxygen atoms in total. The van der Waals surface area contributed by atoms with Gasteiger partial charge in [-0.05, 0) is 69.1 Å². The van der Waals surface area contributed by atoms with Crippen molar-refractivity contribution in [3.05, 3.63) is 58.1 Å². The Bertz CT molecular complexity index is 1310. The minimum Gasteiger partial charge on any atom is -0.462 e. The number of fused-ring (bicyclic) bond motifs is 7. The SMILES string of the molecule is CCOC(=O)c1ccc(N2C(=O)[C@H]3[C@H]4CCCN4[C@@]4(C(=O)Nc5c(Cl)cc(C)cc54)[C@@H]3C2=O)cc1. The summed E-state index contributed by atoms with van der Waals surface area (Å²) in [5, 5.41) is 3.35. The predicted octanol–water partition coefficient (Wildman–Crippen LogP) is 3.26. The molecule has 0 aliphatic carbocycles. The van der Waals surface area contributed by atoms with Crippen molar-refractivity contribution in [1.29, 1.82) is 0 Å². The maximum atomic E-state index is 14.0. The lowest BCUT2D eigenvalue weighted by Crippen LogP contribution is -2.54. The topological polar surface area (TPSA) is 96.0 Å². The molecule has 4 aliphatic heterocycles. The van der Waals surface area contributed by atoms with Gasteiger partial charge in [0.25, 0.3) is 5.91 Å². The van der Waals surface area contributed by atoms with E-state index < -0.39 is 29.3 Å². The number of aryl methyl sites for hydroxylation is 1. The van der Waals surface area contributed by atoms with E-state index in [1.54, 1.807) is 37.3 Å². The molecule has 3 fully saturated rings. The standard InChI is InChI=1S/C26H24ClN3O5/c1-3-35-24(33)14-6-8-15(9-7-14)30-22(31)19-18-5-4-10-29(18)26(20(19)23(30)32)16-11-13(2)12-17(27)21(16)28-25(26)34/h6-9,11-12,18-20H,3-5,10H2,1-2H3,(H,28,34)/t18-,19+,20+,26-/m1/s1. The van der Waals surface area contributed by atoms with Crippen LogP contribution in [0.5, 0.6) is 0 Å². The van der Waals surface area contributed by atoms with Crippen molar-refractivity contribution in [3.8, 4) is 0 Å². The van der Waals surface area contributed by atoms with E-state index in [1.807, 2.05) is 13.0 Å². The fourth-order valence-electron chi connectivity index (χ4n) is 6.61. The Morgan fingerprint density at radius 3 is 2.63 bits per heavy atom. The van der Waals surface area contributed by atoms with Gasteiger partial charge in [0.15, 0.2) is 0 Å². The molecule has 4 atom stereocenters. The third kappa shape index (κ3) is 2.78. The molecule has 3 saturated heterocycles. The molecular formula is C26H24ClN3O5. The Hall–Kier alpha value is -3.23. The molecule has 2 aromatic rings. The first kappa shape index (κ1) is 22.2. The minimum atomic E-state index is -1.27. The van der Waals surface area contributed by atoms with Crippen LogP contribution in [0.1, 0.15) is 41.3 Å². The van der Waals surface area contributed by atoms with Gasteiger partial charge in [-0.2, -0.15) is 0 Å². The largest absolute Gasteiger partial charge is 0.462 e. The van der Waals surface area contributed by atoms with Crippen molar-refractivity contribution >= 4 is 46.7 Å². The Labute approximate surface area is 207 Å². The second kappa shape index (κ2) is 7.63. The summed E-state index contributed by atoms with van der Waals surface area (Å²) in [7, 11) is 0. The summed E-state index contributed by atoms with van der Waals surface area (Å²) in [6.07, 6.45) is 1.58. The Balaban J connectivity index is 1.46. The number of hydrogen-bond donors (Lipinski definition) is 1. The van der Waals surface area contributed by atoms with Gasteiger partial charge in [0.05, 0.1) is 40.4 Å². The van der Waals surface area contributed by atoms with E-state index in [2.05, 4.69) is 10.2 Å². The minimum absolute atomic E-state index is 0.212. The molecule has 6 rings (SSSR count). The van der Waals surface area contributed by atoms with Crippen molar-refractivity contribution in [1.82, 2.24) is 4.90 Å². The van der Waals surface area contributed by atoms with Crippen LogP contribution in [0.15, 0.2) is 36.4 Å². The maximum absolute atomic E-state index is 14.0. The van der Waals surface area contributed by atoms with Crippen LogP contribution in [0, 0.1) is 18.8 Å². The molecule has 3 amide bonds. The quantitative estimate of drug-likeness (QED) is 0.521. The van der Waals surface area contributed by atoms with E-state index >= 15 is 0 Å². The lowest BCUT2D eigenvalue weighted by molar-refractivity contribution is -0.135. The molecule has 180 valence electrons. The zero-order valence-electron chi connectivity index (χ0n) is 19.3. The normalized spacial score (nSPS) is 28.9. The van der Waals surface area contributed by atoms with Crippen LogP contribution in [0.4, 0.5) is 11.4 Å². The van der Waals surface area contributed by atoms with E-state index in [0.717, 1.165) is 18.4 Å². The summed E-state index contributed by atoms with van der Waals surface area (Å²) in [6.45, 7) is 4.50. The highest BCUT2D eigenvalue weighted by Gasteiger charge is 2.74. The summed E-state index contributed by atoms with van der Waals surface area (Å²) >= 11 is 6.51. The molecule has 0 bridgehead atoms. The monoisotopic (exact) mass is 493 g/mol. The molecule has 0 radical (unpaired) electrons. The van der Waals surface area contributed by atoms with E-state index in [-0.39, 0.29) is 24.5 Å². The molecule has 1 spiro atoms. The fourth-order valence-corrected chi connectivity index (χ4v) is 6.93. The van der Waals surface area contributed by atoms with Gasteiger partial charge < -0.3 is 10.1 Å². The molecule has 0 aromatic heterocycles. The zero-order chi connectivity index (χ0) is 24.6. The number of carbonyl (C=O) groups excluding carboxylic acids is 4. The number of benzene rings is 2. The highest BCUT2D eigenvalue weighted by molar-refractivity contribution is 6.35. The second-order valence-electron chi connectivity index (χ2n) is 9.58. The number of halogens is 1. The third-order valence-electron chi connectivity index (χ3n) is 7.83. The molecule has 1 N–H and O–H groups in total. The number of hydrogen-bond acceptors (Lipinski definition) is 6. The van der Waals surface area contributed by atoms with Gasteiger partial charge >= 0.3 is 5.97 Å². The summed E-state index contributed by atoms with van der Waals surface area (Å²) in [6, 6.07) is 9.72. The first-order chi connectivity index (χ1) is 16.8. The lowest BCUT2D eigenvalue weighted by atomic mass is 9.75. The number of nitrogens with zero attached hydrogens (tertiary/aromatic N) is 2. The van der Waals surface area contributed by atoms with Crippen LogP contribution in [-0.4, -0.2) is 47.8 Å². The van der Waals surface area contributed by atoms with Crippen LogP contribution in [-0.2, 0) is 24.7 Å². The number of nitrogens with one attached hydrogen (secondary N) is 1. The average Bonchev–Trinajstić information content (AvgIpc) is 3.53. The first-order valence-corrected chi connectivity index (χ1v) is 12.2. The number of carbonyl (C=O) groups is 4. The summed E-state index contributed by atoms with van der Waals surface area (Å²) in [5.41, 5.74) is 1.51. The fraction of sp³-hybridized carbons (Fsp3) is 0.385. The molecule has 0 unspecified atom stereocenters. The van der Waals surface area contributed by atoms with Gasteiger partial charge in [0.2, 0.25) is 11.8 Å². The average molecular weight is 494 g/mol. The second-order valence-corrected chi connectivity index (χ2v) is 9.98. The van der Waals surface area contributed by atoms with E-state index in [0.29, 0.717) is 34.1 Å². The molecule has 9 heteroatoms. The first-order valence-electron chi connectivity index (χ1n) is 11.8. The highest BCUT2D eigenvalue weighted by Crippen LogP contribution is 2.61. The van der Waals surface area contributed by atoms with Crippen molar-refractivity contribution in [2.24, 2.45) is 11.8 Å². The van der Waals surface area contributed by atoms with Gasteiger partial charge in [0, 0.05) is 11.6 Å². The summed E-state index contributed by atoms with van der Waals surface area (Å²) < 4.78 is 5.02. The molecule has 4 aliphatic rings. The number of anilines is 2. The van der Waals surface area contributed by atoms with Gasteiger partial charge in [-0.15, -0.1) is 0 Å². The van der Waals surface area contributed by atoms with Crippen LogP contribution in [0.3, 0.4) is 0 Å². The highest BCUT2D eigenvalue weighted by atomic mass is 35.5. The summed E-state index contributed by atoms with van der Waals surface area (Å²) in [5.74, 6) is -2.98. The van der Waals surface area contributed by atoms with Gasteiger partial charge in [-0.1, -0.05) is 17.7 Å². The number of rotatable bonds is 3. The molecule has 2 aromatic carbocycles. The number of amides is 3. The van der Waals surface area contributed by atoms with Gasteiger partial charge in [-0.25, -0.2) is 9.69 Å². The number of imide groups is 1. The molecule has 4 heterocycles. The van der Waals surface area contributed by atoms with E-state index in [9.17, 15) is 19.2 Å². The van der Waals surface area contributed by atoms with Gasteiger partial charge in [-0.3, -0.25) is 19.3 Å². The number of ether oxygens (including phenoxy) is 1. The maximum Gasteiger partial charge on any atom is 0.338 e. The predicted molar refractivity (Wildman–Crippen MR) is 128 cm³/mol. The summed E-state index contributed by atoms with van der Waals surface area (Å²) in [4.78, 5) is 56.8. The molecular weight excluding hydrogens is 470 g/mol. The molecule has 35 heavy (non-hydrogen) atoms. The van der Waals surface area contributed by atoms with Gasteiger partial charge in [0.1, 0.15) is 5.54 Å². The Kier molecular flexibility index (Phi) is 4.85. The smallest absolute Gasteiger partial charge is 0.338 e. The number of esters is 1. The van der Waals surface area contributed by atoms with Crippen molar-refractivity contribution in [2.75, 3.05) is 23.4 Å². The van der Waals surface area contributed by atoms with Crippen LogP contribution >= 0.6 is 11.6 Å².